The predicted molar refractivity (Wildman–Crippen MR) is 61.7 cm³/mol. The Morgan fingerprint density at radius 2 is 2.06 bits per heavy atom. The molecule has 7 heteroatoms. The molecule has 1 fully saturated rings. The SMILES string of the molecule is CN(c1nc(C(F)(F)F)ccc1C(=N)N)C1CC1. The van der Waals surface area contributed by atoms with Gasteiger partial charge in [-0.1, -0.05) is 0 Å². The molecule has 0 atom stereocenters. The largest absolute Gasteiger partial charge is 0.433 e. The quantitative estimate of drug-likeness (QED) is 0.643. The van der Waals surface area contributed by atoms with E-state index in [-0.39, 0.29) is 23.3 Å². The minimum absolute atomic E-state index is 0.125. The summed E-state index contributed by atoms with van der Waals surface area (Å²) >= 11 is 0. The Kier molecular flexibility index (Phi) is 2.92. The van der Waals surface area contributed by atoms with Crippen LogP contribution in [0.2, 0.25) is 0 Å². The van der Waals surface area contributed by atoms with Crippen molar-refractivity contribution in [1.29, 1.82) is 5.41 Å². The summed E-state index contributed by atoms with van der Waals surface area (Å²) in [5.41, 5.74) is 4.64. The van der Waals surface area contributed by atoms with Gasteiger partial charge in [0.1, 0.15) is 17.3 Å². The van der Waals surface area contributed by atoms with Crippen molar-refractivity contribution >= 4 is 11.7 Å². The van der Waals surface area contributed by atoms with E-state index in [9.17, 15) is 13.2 Å². The van der Waals surface area contributed by atoms with Crippen LogP contribution in [0.1, 0.15) is 24.1 Å². The van der Waals surface area contributed by atoms with E-state index in [0.29, 0.717) is 0 Å². The number of nitrogens with one attached hydrogen (secondary N) is 1. The molecule has 1 aliphatic carbocycles. The fraction of sp³-hybridized carbons (Fsp3) is 0.455. The highest BCUT2D eigenvalue weighted by Crippen LogP contribution is 2.34. The van der Waals surface area contributed by atoms with Gasteiger partial charge in [-0.05, 0) is 25.0 Å². The third-order valence-corrected chi connectivity index (χ3v) is 2.88. The molecule has 0 aromatic carbocycles. The van der Waals surface area contributed by atoms with Crippen molar-refractivity contribution in [2.24, 2.45) is 5.73 Å². The van der Waals surface area contributed by atoms with E-state index in [1.807, 2.05) is 0 Å². The van der Waals surface area contributed by atoms with Crippen molar-refractivity contribution in [1.82, 2.24) is 4.98 Å². The molecule has 0 unspecified atom stereocenters. The van der Waals surface area contributed by atoms with Gasteiger partial charge in [-0.25, -0.2) is 4.98 Å². The first-order valence-electron chi connectivity index (χ1n) is 5.46. The lowest BCUT2D eigenvalue weighted by Crippen LogP contribution is -2.26. The van der Waals surface area contributed by atoms with E-state index in [2.05, 4.69) is 4.98 Å². The van der Waals surface area contributed by atoms with Crippen LogP contribution in [0.15, 0.2) is 12.1 Å². The molecule has 1 aromatic rings. The second-order valence-corrected chi connectivity index (χ2v) is 4.32. The van der Waals surface area contributed by atoms with Crippen molar-refractivity contribution in [3.8, 4) is 0 Å². The van der Waals surface area contributed by atoms with Crippen molar-refractivity contribution in [2.45, 2.75) is 25.1 Å². The maximum atomic E-state index is 12.6. The molecule has 0 spiro atoms. The summed E-state index contributed by atoms with van der Waals surface area (Å²) in [5.74, 6) is -0.154. The highest BCUT2D eigenvalue weighted by molar-refractivity contribution is 5.99. The van der Waals surface area contributed by atoms with Crippen LogP contribution in [0.4, 0.5) is 19.0 Å². The number of nitrogens with two attached hydrogens (primary N) is 1. The first kappa shape index (κ1) is 12.7. The van der Waals surface area contributed by atoms with Crippen molar-refractivity contribution in [2.75, 3.05) is 11.9 Å². The highest BCUT2D eigenvalue weighted by atomic mass is 19.4. The number of amidine groups is 1. The maximum Gasteiger partial charge on any atom is 0.433 e. The molecule has 0 bridgehead atoms. The standard InChI is InChI=1S/C11H13F3N4/c1-18(6-2-3-6)10-7(9(15)16)4-5-8(17-10)11(12,13)14/h4-6H,2-3H2,1H3,(H3,15,16). The second-order valence-electron chi connectivity index (χ2n) is 4.32. The van der Waals surface area contributed by atoms with Crippen LogP contribution in [-0.2, 0) is 6.18 Å². The molecule has 1 aliphatic rings. The number of alkyl halides is 3. The summed E-state index contributed by atoms with van der Waals surface area (Å²) < 4.78 is 37.8. The summed E-state index contributed by atoms with van der Waals surface area (Å²) in [4.78, 5) is 5.27. The Labute approximate surface area is 102 Å². The lowest BCUT2D eigenvalue weighted by Gasteiger charge is -2.21. The molecule has 0 amide bonds. The molecule has 0 saturated heterocycles. The zero-order valence-electron chi connectivity index (χ0n) is 9.75. The molecule has 2 rings (SSSR count). The molecule has 98 valence electrons. The topological polar surface area (TPSA) is 66.0 Å². The van der Waals surface area contributed by atoms with Gasteiger partial charge < -0.3 is 10.6 Å². The van der Waals surface area contributed by atoms with Gasteiger partial charge in [0, 0.05) is 13.1 Å². The predicted octanol–water partition coefficient (Wildman–Crippen LogP) is 1.98. The molecule has 1 heterocycles. The average Bonchev–Trinajstić information content (AvgIpc) is 3.09. The number of aromatic nitrogens is 1. The van der Waals surface area contributed by atoms with Gasteiger partial charge in [0.15, 0.2) is 0 Å². The number of hydrogen-bond acceptors (Lipinski definition) is 3. The molecule has 4 nitrogen and oxygen atoms in total. The molecule has 0 radical (unpaired) electrons. The zero-order chi connectivity index (χ0) is 13.5. The van der Waals surface area contributed by atoms with Gasteiger partial charge in [-0.2, -0.15) is 13.2 Å². The number of anilines is 1. The number of hydrogen-bond donors (Lipinski definition) is 2. The third kappa shape index (κ3) is 2.39. The van der Waals surface area contributed by atoms with Crippen LogP contribution in [-0.4, -0.2) is 23.9 Å². The molecular weight excluding hydrogens is 245 g/mol. The van der Waals surface area contributed by atoms with Crippen LogP contribution < -0.4 is 10.6 Å². The van der Waals surface area contributed by atoms with Crippen LogP contribution in [0, 0.1) is 5.41 Å². The summed E-state index contributed by atoms with van der Waals surface area (Å²) in [6, 6.07) is 2.24. The minimum Gasteiger partial charge on any atom is -0.384 e. The molecule has 1 aromatic heterocycles. The van der Waals surface area contributed by atoms with Crippen molar-refractivity contribution in [3.05, 3.63) is 23.4 Å². The van der Waals surface area contributed by atoms with E-state index in [4.69, 9.17) is 11.1 Å². The van der Waals surface area contributed by atoms with Gasteiger partial charge in [0.05, 0.1) is 5.56 Å². The highest BCUT2D eigenvalue weighted by Gasteiger charge is 2.35. The third-order valence-electron chi connectivity index (χ3n) is 2.88. The molecule has 18 heavy (non-hydrogen) atoms. The van der Waals surface area contributed by atoms with Gasteiger partial charge in [0.2, 0.25) is 0 Å². The van der Waals surface area contributed by atoms with Crippen LogP contribution in [0.5, 0.6) is 0 Å². The smallest absolute Gasteiger partial charge is 0.384 e. The number of nitrogens with zero attached hydrogens (tertiary/aromatic N) is 2. The Bertz CT molecular complexity index is 480. The first-order valence-corrected chi connectivity index (χ1v) is 5.46. The van der Waals surface area contributed by atoms with Crippen LogP contribution >= 0.6 is 0 Å². The lowest BCUT2D eigenvalue weighted by atomic mass is 10.2. The van der Waals surface area contributed by atoms with E-state index in [0.717, 1.165) is 18.9 Å². The lowest BCUT2D eigenvalue weighted by molar-refractivity contribution is -0.141. The van der Waals surface area contributed by atoms with Crippen molar-refractivity contribution in [3.63, 3.8) is 0 Å². The van der Waals surface area contributed by atoms with Crippen LogP contribution in [0.25, 0.3) is 0 Å². The number of nitrogen functional groups attached to an aromatic ring is 1. The Balaban J connectivity index is 2.47. The second kappa shape index (κ2) is 4.15. The number of rotatable bonds is 3. The molecule has 1 saturated carbocycles. The van der Waals surface area contributed by atoms with Gasteiger partial charge in [-0.3, -0.25) is 5.41 Å². The van der Waals surface area contributed by atoms with E-state index >= 15 is 0 Å². The summed E-state index contributed by atoms with van der Waals surface area (Å²) in [6.07, 6.45) is -2.65. The average molecular weight is 258 g/mol. The maximum absolute atomic E-state index is 12.6. The Morgan fingerprint density at radius 1 is 1.44 bits per heavy atom. The zero-order valence-corrected chi connectivity index (χ0v) is 9.75. The molecule has 3 N–H and O–H groups in total. The molecule has 0 aliphatic heterocycles. The number of halogens is 3. The number of pyridine rings is 1. The Morgan fingerprint density at radius 3 is 2.50 bits per heavy atom. The fourth-order valence-corrected chi connectivity index (χ4v) is 1.72. The van der Waals surface area contributed by atoms with E-state index < -0.39 is 11.9 Å². The van der Waals surface area contributed by atoms with Crippen molar-refractivity contribution < 1.29 is 13.2 Å². The van der Waals surface area contributed by atoms with E-state index in [1.165, 1.54) is 6.07 Å². The van der Waals surface area contributed by atoms with E-state index in [1.54, 1.807) is 11.9 Å². The van der Waals surface area contributed by atoms with Gasteiger partial charge >= 0.3 is 6.18 Å². The van der Waals surface area contributed by atoms with Gasteiger partial charge in [0.25, 0.3) is 0 Å². The van der Waals surface area contributed by atoms with Crippen LogP contribution in [0.3, 0.4) is 0 Å². The summed E-state index contributed by atoms with van der Waals surface area (Å²) in [7, 11) is 1.67. The summed E-state index contributed by atoms with van der Waals surface area (Å²) in [5, 5.41) is 7.39. The normalized spacial score (nSPS) is 15.6. The monoisotopic (exact) mass is 258 g/mol. The molecular formula is C11H13F3N4. The summed E-state index contributed by atoms with van der Waals surface area (Å²) in [6.45, 7) is 0. The Hall–Kier alpha value is -1.79. The minimum atomic E-state index is -4.49. The fourth-order valence-electron chi connectivity index (χ4n) is 1.72. The van der Waals surface area contributed by atoms with Gasteiger partial charge in [-0.15, -0.1) is 0 Å². The first-order chi connectivity index (χ1) is 8.30.